The lowest BCUT2D eigenvalue weighted by molar-refractivity contribution is 0.187. The Kier molecular flexibility index (Phi) is 4.02. The SMILES string of the molecule is COC(=O)Nc1ccc(N2CCC(C)CC2)nc1. The quantitative estimate of drug-likeness (QED) is 0.875. The first-order valence-electron chi connectivity index (χ1n) is 6.25. The van der Waals surface area contributed by atoms with Crippen LogP contribution < -0.4 is 10.2 Å². The molecule has 1 aliphatic rings. The van der Waals surface area contributed by atoms with Gasteiger partial charge in [-0.3, -0.25) is 5.32 Å². The fourth-order valence-electron chi connectivity index (χ4n) is 2.05. The van der Waals surface area contributed by atoms with Crippen molar-refractivity contribution in [3.8, 4) is 0 Å². The summed E-state index contributed by atoms with van der Waals surface area (Å²) in [5.74, 6) is 1.78. The van der Waals surface area contributed by atoms with E-state index in [9.17, 15) is 4.79 Å². The minimum Gasteiger partial charge on any atom is -0.453 e. The maximum absolute atomic E-state index is 11.0. The molecule has 2 heterocycles. The Morgan fingerprint density at radius 1 is 1.44 bits per heavy atom. The van der Waals surface area contributed by atoms with Gasteiger partial charge >= 0.3 is 6.09 Å². The molecule has 0 saturated carbocycles. The Hall–Kier alpha value is -1.78. The Morgan fingerprint density at radius 2 is 2.17 bits per heavy atom. The molecule has 1 saturated heterocycles. The van der Waals surface area contributed by atoms with Gasteiger partial charge in [0.2, 0.25) is 0 Å². The third-order valence-corrected chi connectivity index (χ3v) is 3.29. The predicted molar refractivity (Wildman–Crippen MR) is 70.9 cm³/mol. The molecule has 1 amide bonds. The molecule has 5 nitrogen and oxygen atoms in total. The molecule has 0 atom stereocenters. The first kappa shape index (κ1) is 12.7. The van der Waals surface area contributed by atoms with E-state index in [0.29, 0.717) is 5.69 Å². The summed E-state index contributed by atoms with van der Waals surface area (Å²) in [5, 5.41) is 2.59. The van der Waals surface area contributed by atoms with Crippen LogP contribution in [0.3, 0.4) is 0 Å². The van der Waals surface area contributed by atoms with E-state index in [1.807, 2.05) is 12.1 Å². The fourth-order valence-corrected chi connectivity index (χ4v) is 2.05. The number of hydrogen-bond acceptors (Lipinski definition) is 4. The molecule has 0 spiro atoms. The van der Waals surface area contributed by atoms with Crippen LogP contribution in [-0.2, 0) is 4.74 Å². The highest BCUT2D eigenvalue weighted by Crippen LogP contribution is 2.22. The average molecular weight is 249 g/mol. The molecule has 0 aromatic carbocycles. The van der Waals surface area contributed by atoms with Crippen LogP contribution in [0.15, 0.2) is 18.3 Å². The molecule has 1 N–H and O–H groups in total. The Morgan fingerprint density at radius 3 is 2.72 bits per heavy atom. The first-order chi connectivity index (χ1) is 8.69. The number of ether oxygens (including phenoxy) is 1. The lowest BCUT2D eigenvalue weighted by Crippen LogP contribution is -2.33. The summed E-state index contributed by atoms with van der Waals surface area (Å²) in [7, 11) is 1.34. The average Bonchev–Trinajstić information content (AvgIpc) is 2.40. The highest BCUT2D eigenvalue weighted by Gasteiger charge is 2.16. The maximum Gasteiger partial charge on any atom is 0.411 e. The van der Waals surface area contributed by atoms with Crippen molar-refractivity contribution in [1.29, 1.82) is 0 Å². The van der Waals surface area contributed by atoms with Crippen LogP contribution in [0.5, 0.6) is 0 Å². The number of nitrogens with zero attached hydrogens (tertiary/aromatic N) is 2. The lowest BCUT2D eigenvalue weighted by Gasteiger charge is -2.31. The van der Waals surface area contributed by atoms with Crippen molar-refractivity contribution < 1.29 is 9.53 Å². The zero-order valence-corrected chi connectivity index (χ0v) is 10.8. The number of carbonyl (C=O) groups is 1. The van der Waals surface area contributed by atoms with Gasteiger partial charge in [-0.1, -0.05) is 6.92 Å². The van der Waals surface area contributed by atoms with E-state index in [4.69, 9.17) is 0 Å². The van der Waals surface area contributed by atoms with Gasteiger partial charge < -0.3 is 9.64 Å². The number of nitrogens with one attached hydrogen (secondary N) is 1. The van der Waals surface area contributed by atoms with Crippen molar-refractivity contribution in [3.63, 3.8) is 0 Å². The monoisotopic (exact) mass is 249 g/mol. The van der Waals surface area contributed by atoms with Crippen LogP contribution >= 0.6 is 0 Å². The zero-order chi connectivity index (χ0) is 13.0. The van der Waals surface area contributed by atoms with Gasteiger partial charge in [-0.2, -0.15) is 0 Å². The number of aromatic nitrogens is 1. The number of carbonyl (C=O) groups excluding carboxylic acids is 1. The second-order valence-corrected chi connectivity index (χ2v) is 4.69. The van der Waals surface area contributed by atoms with E-state index in [1.54, 1.807) is 6.20 Å². The Labute approximate surface area is 107 Å². The Balaban J connectivity index is 1.97. The van der Waals surface area contributed by atoms with Crippen LogP contribution in [0.25, 0.3) is 0 Å². The largest absolute Gasteiger partial charge is 0.453 e. The molecule has 98 valence electrons. The van der Waals surface area contributed by atoms with Gasteiger partial charge in [0.15, 0.2) is 0 Å². The van der Waals surface area contributed by atoms with Gasteiger partial charge in [-0.15, -0.1) is 0 Å². The first-order valence-corrected chi connectivity index (χ1v) is 6.25. The molecule has 1 aromatic rings. The number of methoxy groups -OCH3 is 1. The van der Waals surface area contributed by atoms with E-state index in [1.165, 1.54) is 20.0 Å². The van der Waals surface area contributed by atoms with E-state index in [0.717, 1.165) is 24.8 Å². The van der Waals surface area contributed by atoms with Crippen LogP contribution in [0.2, 0.25) is 0 Å². The molecule has 0 aliphatic carbocycles. The van der Waals surface area contributed by atoms with Gasteiger partial charge in [-0.05, 0) is 30.9 Å². The Bertz CT molecular complexity index is 397. The van der Waals surface area contributed by atoms with Crippen LogP contribution in [0.4, 0.5) is 16.3 Å². The third-order valence-electron chi connectivity index (χ3n) is 3.29. The van der Waals surface area contributed by atoms with Crippen molar-refractivity contribution >= 4 is 17.6 Å². The highest BCUT2D eigenvalue weighted by atomic mass is 16.5. The minimum atomic E-state index is -0.476. The number of piperidine rings is 1. The van der Waals surface area contributed by atoms with Gasteiger partial charge in [-0.25, -0.2) is 9.78 Å². The summed E-state index contributed by atoms with van der Waals surface area (Å²) < 4.78 is 4.52. The molecular weight excluding hydrogens is 230 g/mol. The van der Waals surface area contributed by atoms with Crippen LogP contribution in [0, 0.1) is 5.92 Å². The summed E-state index contributed by atoms with van der Waals surface area (Å²) in [6, 6.07) is 3.78. The number of amides is 1. The minimum absolute atomic E-state index is 0.476. The van der Waals surface area contributed by atoms with Gasteiger partial charge in [0.1, 0.15) is 5.82 Å². The number of anilines is 2. The van der Waals surface area contributed by atoms with Crippen molar-refractivity contribution in [2.75, 3.05) is 30.4 Å². The highest BCUT2D eigenvalue weighted by molar-refractivity contribution is 5.84. The van der Waals surface area contributed by atoms with Crippen molar-refractivity contribution in [2.45, 2.75) is 19.8 Å². The number of rotatable bonds is 2. The van der Waals surface area contributed by atoms with E-state index < -0.39 is 6.09 Å². The molecule has 0 unspecified atom stereocenters. The lowest BCUT2D eigenvalue weighted by atomic mass is 9.99. The second kappa shape index (κ2) is 5.71. The molecule has 0 bridgehead atoms. The summed E-state index contributed by atoms with van der Waals surface area (Å²) in [4.78, 5) is 17.7. The standard InChI is InChI=1S/C13H19N3O2/c1-10-5-7-16(8-6-10)12-4-3-11(9-14-12)15-13(17)18-2/h3-4,9-10H,5-8H2,1-2H3,(H,15,17). The van der Waals surface area contributed by atoms with Gasteiger partial charge in [0.25, 0.3) is 0 Å². The van der Waals surface area contributed by atoms with Crippen molar-refractivity contribution in [2.24, 2.45) is 5.92 Å². The van der Waals surface area contributed by atoms with Crippen LogP contribution in [0.1, 0.15) is 19.8 Å². The molecule has 2 rings (SSSR count). The van der Waals surface area contributed by atoms with Gasteiger partial charge in [0.05, 0.1) is 19.0 Å². The normalized spacial score (nSPS) is 16.4. The number of hydrogen-bond donors (Lipinski definition) is 1. The fraction of sp³-hybridized carbons (Fsp3) is 0.538. The molecule has 1 fully saturated rings. The summed E-state index contributed by atoms with van der Waals surface area (Å²) in [6.07, 6.45) is 3.61. The second-order valence-electron chi connectivity index (χ2n) is 4.69. The molecule has 1 aliphatic heterocycles. The van der Waals surface area contributed by atoms with Crippen molar-refractivity contribution in [1.82, 2.24) is 4.98 Å². The smallest absolute Gasteiger partial charge is 0.411 e. The molecular formula is C13H19N3O2. The summed E-state index contributed by atoms with van der Waals surface area (Å²) in [5.41, 5.74) is 0.649. The topological polar surface area (TPSA) is 54.5 Å². The molecule has 1 aromatic heterocycles. The maximum atomic E-state index is 11.0. The summed E-state index contributed by atoms with van der Waals surface area (Å²) >= 11 is 0. The van der Waals surface area contributed by atoms with Crippen LogP contribution in [-0.4, -0.2) is 31.3 Å². The van der Waals surface area contributed by atoms with Gasteiger partial charge in [0, 0.05) is 13.1 Å². The molecule has 18 heavy (non-hydrogen) atoms. The van der Waals surface area contributed by atoms with Crippen molar-refractivity contribution in [3.05, 3.63) is 18.3 Å². The predicted octanol–water partition coefficient (Wildman–Crippen LogP) is 2.50. The van der Waals surface area contributed by atoms with E-state index >= 15 is 0 Å². The zero-order valence-electron chi connectivity index (χ0n) is 10.8. The third kappa shape index (κ3) is 3.12. The number of pyridine rings is 1. The summed E-state index contributed by atoms with van der Waals surface area (Å²) in [6.45, 7) is 4.39. The van der Waals surface area contributed by atoms with E-state index in [2.05, 4.69) is 26.9 Å². The molecule has 5 heteroatoms. The van der Waals surface area contributed by atoms with E-state index in [-0.39, 0.29) is 0 Å². The molecule has 0 radical (unpaired) electrons.